The molecule has 4 heterocycles. The van der Waals surface area contributed by atoms with Crippen LogP contribution in [0.4, 0.5) is 16.0 Å². The summed E-state index contributed by atoms with van der Waals surface area (Å²) in [5.74, 6) is 0.391. The van der Waals surface area contributed by atoms with Gasteiger partial charge in [-0.1, -0.05) is 12.8 Å². The Morgan fingerprint density at radius 3 is 2.48 bits per heavy atom. The molecule has 0 atom stereocenters. The summed E-state index contributed by atoms with van der Waals surface area (Å²) in [4.78, 5) is 16.8. The Bertz CT molecular complexity index is 1270. The van der Waals surface area contributed by atoms with E-state index in [1.165, 1.54) is 37.8 Å². The third-order valence-electron chi connectivity index (χ3n) is 6.78. The van der Waals surface area contributed by atoms with Crippen LogP contribution in [0.5, 0.6) is 0 Å². The van der Waals surface area contributed by atoms with Crippen molar-refractivity contribution in [3.63, 3.8) is 0 Å². The number of imidazole rings is 1. The van der Waals surface area contributed by atoms with Crippen LogP contribution in [-0.2, 0) is 0 Å². The Kier molecular flexibility index (Phi) is 5.17. The number of nitrogens with one attached hydrogen (secondary N) is 1. The minimum atomic E-state index is -0.257. The van der Waals surface area contributed by atoms with Crippen molar-refractivity contribution in [1.82, 2.24) is 19.4 Å². The number of anilines is 2. The SMILES string of the molecule is Fc1ccc(-c2nc3c(N4CCCC4)cccn3c2-c2ccnc(NC3CCCC3)n2)cc1. The van der Waals surface area contributed by atoms with Gasteiger partial charge in [0, 0.05) is 37.1 Å². The van der Waals surface area contributed by atoms with Crippen molar-refractivity contribution in [2.24, 2.45) is 0 Å². The number of nitrogens with zero attached hydrogens (tertiary/aromatic N) is 5. The smallest absolute Gasteiger partial charge is 0.223 e. The van der Waals surface area contributed by atoms with Crippen molar-refractivity contribution >= 4 is 17.3 Å². The molecule has 7 heteroatoms. The molecule has 33 heavy (non-hydrogen) atoms. The van der Waals surface area contributed by atoms with Gasteiger partial charge in [0.25, 0.3) is 0 Å². The third-order valence-corrected chi connectivity index (χ3v) is 6.78. The first kappa shape index (κ1) is 20.1. The van der Waals surface area contributed by atoms with Crippen molar-refractivity contribution in [2.45, 2.75) is 44.6 Å². The maximum atomic E-state index is 13.7. The summed E-state index contributed by atoms with van der Waals surface area (Å²) in [6, 6.07) is 13.1. The maximum absolute atomic E-state index is 13.7. The van der Waals surface area contributed by atoms with Crippen molar-refractivity contribution in [3.05, 3.63) is 60.7 Å². The number of fused-ring (bicyclic) bond motifs is 1. The molecule has 0 amide bonds. The highest BCUT2D eigenvalue weighted by Crippen LogP contribution is 2.36. The average Bonchev–Trinajstić information content (AvgIpc) is 3.60. The fourth-order valence-electron chi connectivity index (χ4n) is 5.12. The minimum absolute atomic E-state index is 0.257. The first-order valence-corrected chi connectivity index (χ1v) is 11.9. The number of pyridine rings is 1. The van der Waals surface area contributed by atoms with Crippen LogP contribution in [0.2, 0.25) is 0 Å². The fourth-order valence-corrected chi connectivity index (χ4v) is 5.12. The largest absolute Gasteiger partial charge is 0.369 e. The molecule has 1 saturated heterocycles. The molecule has 6 rings (SSSR count). The minimum Gasteiger partial charge on any atom is -0.369 e. The van der Waals surface area contributed by atoms with Gasteiger partial charge in [0.2, 0.25) is 5.95 Å². The molecule has 6 nitrogen and oxygen atoms in total. The molecule has 1 aromatic carbocycles. The van der Waals surface area contributed by atoms with E-state index in [1.54, 1.807) is 18.3 Å². The maximum Gasteiger partial charge on any atom is 0.223 e. The van der Waals surface area contributed by atoms with Crippen molar-refractivity contribution in [3.8, 4) is 22.6 Å². The second-order valence-electron chi connectivity index (χ2n) is 8.99. The van der Waals surface area contributed by atoms with Crippen LogP contribution < -0.4 is 10.2 Å². The van der Waals surface area contributed by atoms with Gasteiger partial charge in [-0.05, 0) is 68.1 Å². The second kappa shape index (κ2) is 8.46. The Morgan fingerprint density at radius 1 is 0.909 bits per heavy atom. The van der Waals surface area contributed by atoms with Crippen molar-refractivity contribution in [2.75, 3.05) is 23.3 Å². The number of halogens is 1. The number of hydrogen-bond acceptors (Lipinski definition) is 5. The quantitative estimate of drug-likeness (QED) is 0.439. The lowest BCUT2D eigenvalue weighted by Gasteiger charge is -2.18. The van der Waals surface area contributed by atoms with Crippen LogP contribution in [0, 0.1) is 5.82 Å². The van der Waals surface area contributed by atoms with Gasteiger partial charge in [-0.15, -0.1) is 0 Å². The van der Waals surface area contributed by atoms with E-state index in [-0.39, 0.29) is 5.82 Å². The normalized spacial score (nSPS) is 16.7. The zero-order valence-corrected chi connectivity index (χ0v) is 18.5. The fraction of sp³-hybridized carbons (Fsp3) is 0.346. The topological polar surface area (TPSA) is 58.4 Å². The summed E-state index contributed by atoms with van der Waals surface area (Å²) in [5.41, 5.74) is 5.39. The predicted molar refractivity (Wildman–Crippen MR) is 129 cm³/mol. The Balaban J connectivity index is 1.51. The van der Waals surface area contributed by atoms with Crippen molar-refractivity contribution < 1.29 is 4.39 Å². The highest BCUT2D eigenvalue weighted by atomic mass is 19.1. The number of benzene rings is 1. The molecule has 2 fully saturated rings. The van der Waals surface area contributed by atoms with E-state index in [4.69, 9.17) is 9.97 Å². The lowest BCUT2D eigenvalue weighted by Crippen LogP contribution is -2.18. The molecule has 0 bridgehead atoms. The van der Waals surface area contributed by atoms with Crippen LogP contribution in [0.15, 0.2) is 54.9 Å². The molecule has 2 aliphatic rings. The van der Waals surface area contributed by atoms with Crippen LogP contribution in [0.3, 0.4) is 0 Å². The standard InChI is InChI=1S/C26H27FN6/c27-19-11-9-18(10-12-19)23-24(21-13-14-28-26(30-21)29-20-6-1-2-7-20)33-17-5-8-22(25(33)31-23)32-15-3-4-16-32/h5,8-14,17,20H,1-4,6-7,15-16H2,(H,28,29,30). The van der Waals surface area contributed by atoms with E-state index >= 15 is 0 Å². The van der Waals surface area contributed by atoms with Gasteiger partial charge >= 0.3 is 0 Å². The highest BCUT2D eigenvalue weighted by Gasteiger charge is 2.23. The molecule has 0 spiro atoms. The van der Waals surface area contributed by atoms with Gasteiger partial charge in [0.1, 0.15) is 5.82 Å². The summed E-state index contributed by atoms with van der Waals surface area (Å²) in [6.45, 7) is 2.08. The summed E-state index contributed by atoms with van der Waals surface area (Å²) in [6.07, 6.45) is 11.0. The lowest BCUT2D eigenvalue weighted by atomic mass is 10.1. The summed E-state index contributed by atoms with van der Waals surface area (Å²) >= 11 is 0. The van der Waals surface area contributed by atoms with Crippen LogP contribution in [-0.4, -0.2) is 38.5 Å². The summed E-state index contributed by atoms with van der Waals surface area (Å²) in [5, 5.41) is 3.50. The average molecular weight is 443 g/mol. The van der Waals surface area contributed by atoms with Gasteiger partial charge in [-0.3, -0.25) is 4.40 Å². The van der Waals surface area contributed by atoms with Gasteiger partial charge in [0.15, 0.2) is 5.65 Å². The van der Waals surface area contributed by atoms with E-state index in [9.17, 15) is 4.39 Å². The van der Waals surface area contributed by atoms with E-state index in [0.717, 1.165) is 59.9 Å². The van der Waals surface area contributed by atoms with Crippen LogP contribution in [0.25, 0.3) is 28.3 Å². The highest BCUT2D eigenvalue weighted by molar-refractivity contribution is 5.84. The molecule has 1 N–H and O–H groups in total. The Labute approximate surface area is 192 Å². The molecule has 1 saturated carbocycles. The summed E-state index contributed by atoms with van der Waals surface area (Å²) < 4.78 is 15.8. The zero-order chi connectivity index (χ0) is 22.2. The van der Waals surface area contributed by atoms with Crippen LogP contribution in [0.1, 0.15) is 38.5 Å². The molecule has 1 aliphatic heterocycles. The Hall–Kier alpha value is -3.48. The zero-order valence-electron chi connectivity index (χ0n) is 18.5. The molecule has 0 unspecified atom stereocenters. The van der Waals surface area contributed by atoms with Gasteiger partial charge in [-0.2, -0.15) is 0 Å². The van der Waals surface area contributed by atoms with Gasteiger partial charge in [-0.25, -0.2) is 19.3 Å². The van der Waals surface area contributed by atoms with Crippen molar-refractivity contribution in [1.29, 1.82) is 0 Å². The van der Waals surface area contributed by atoms with Gasteiger partial charge in [0.05, 0.1) is 22.8 Å². The molecule has 168 valence electrons. The molecular formula is C26H27FN6. The molecule has 0 radical (unpaired) electrons. The first-order valence-electron chi connectivity index (χ1n) is 11.9. The lowest BCUT2D eigenvalue weighted by molar-refractivity contribution is 0.628. The second-order valence-corrected chi connectivity index (χ2v) is 8.99. The van der Waals surface area contributed by atoms with Gasteiger partial charge < -0.3 is 10.2 Å². The number of rotatable bonds is 5. The third kappa shape index (κ3) is 3.81. The molecular weight excluding hydrogens is 415 g/mol. The van der Waals surface area contributed by atoms with Crippen LogP contribution >= 0.6 is 0 Å². The first-order chi connectivity index (χ1) is 16.3. The number of aromatic nitrogens is 4. The van der Waals surface area contributed by atoms with E-state index < -0.39 is 0 Å². The molecule has 4 aromatic rings. The Morgan fingerprint density at radius 2 is 1.70 bits per heavy atom. The predicted octanol–water partition coefficient (Wildman–Crippen LogP) is 5.55. The monoisotopic (exact) mass is 442 g/mol. The molecule has 1 aliphatic carbocycles. The summed E-state index contributed by atoms with van der Waals surface area (Å²) in [7, 11) is 0. The molecule has 3 aromatic heterocycles. The van der Waals surface area contributed by atoms with E-state index in [0.29, 0.717) is 12.0 Å². The van der Waals surface area contributed by atoms with E-state index in [1.807, 2.05) is 12.3 Å². The van der Waals surface area contributed by atoms with E-state index in [2.05, 4.69) is 31.7 Å². The number of hydrogen-bond donors (Lipinski definition) is 1.